The van der Waals surface area contributed by atoms with Crippen molar-refractivity contribution >= 4 is 18.2 Å². The topological polar surface area (TPSA) is 156 Å². The van der Waals surface area contributed by atoms with Crippen LogP contribution >= 0.6 is 0 Å². The zero-order chi connectivity index (χ0) is 15.3. The van der Waals surface area contributed by atoms with E-state index in [0.717, 1.165) is 0 Å². The Bertz CT molecular complexity index is 432. The van der Waals surface area contributed by atoms with Crippen LogP contribution in [-0.4, -0.2) is 58.4 Å². The third-order valence-corrected chi connectivity index (χ3v) is 2.62. The van der Waals surface area contributed by atoms with E-state index in [1.54, 1.807) is 0 Å². The lowest BCUT2D eigenvalue weighted by molar-refractivity contribution is -0.166. The number of hydrogen-bond acceptors (Lipinski definition) is 9. The maximum Gasteiger partial charge on any atom is 0.378 e. The van der Waals surface area contributed by atoms with Gasteiger partial charge in [0.25, 0.3) is 0 Å². The smallest absolute Gasteiger partial charge is 0.378 e. The van der Waals surface area contributed by atoms with Gasteiger partial charge in [-0.1, -0.05) is 0 Å². The third kappa shape index (κ3) is 3.45. The molecular weight excluding hydrogens is 274 g/mol. The van der Waals surface area contributed by atoms with Crippen molar-refractivity contribution in [3.05, 3.63) is 11.5 Å². The van der Waals surface area contributed by atoms with E-state index in [9.17, 15) is 19.5 Å². The number of cyclic esters (lactones) is 1. The predicted molar refractivity (Wildman–Crippen MR) is 62.4 cm³/mol. The molecule has 0 fully saturated rings. The van der Waals surface area contributed by atoms with Crippen LogP contribution in [0.3, 0.4) is 0 Å². The highest BCUT2D eigenvalue weighted by Gasteiger charge is 2.42. The van der Waals surface area contributed by atoms with Gasteiger partial charge >= 0.3 is 11.9 Å². The number of rotatable bonds is 7. The molecule has 1 rings (SSSR count). The first-order valence-corrected chi connectivity index (χ1v) is 5.76. The van der Waals surface area contributed by atoms with Crippen LogP contribution in [-0.2, 0) is 23.9 Å². The fourth-order valence-electron chi connectivity index (χ4n) is 1.52. The summed E-state index contributed by atoms with van der Waals surface area (Å²) >= 11 is 0. The van der Waals surface area contributed by atoms with Crippen molar-refractivity contribution < 1.29 is 39.2 Å². The Morgan fingerprint density at radius 3 is 2.60 bits per heavy atom. The van der Waals surface area contributed by atoms with Gasteiger partial charge in [0.1, 0.15) is 12.3 Å². The Morgan fingerprint density at radius 1 is 1.50 bits per heavy atom. The molecule has 1 aliphatic rings. The van der Waals surface area contributed by atoms with Gasteiger partial charge in [0, 0.05) is 6.42 Å². The Labute approximate surface area is 113 Å². The molecule has 0 amide bonds. The Kier molecular flexibility index (Phi) is 5.47. The van der Waals surface area contributed by atoms with E-state index in [2.05, 4.69) is 4.74 Å². The molecule has 1 heterocycles. The molecule has 0 radical (unpaired) electrons. The van der Waals surface area contributed by atoms with E-state index in [1.807, 2.05) is 0 Å². The van der Waals surface area contributed by atoms with Crippen molar-refractivity contribution in [2.75, 3.05) is 6.61 Å². The quantitative estimate of drug-likeness (QED) is 0.321. The number of hydrogen-bond donors (Lipinski definition) is 4. The first-order chi connectivity index (χ1) is 9.42. The van der Waals surface area contributed by atoms with Crippen LogP contribution in [0.15, 0.2) is 11.5 Å². The molecule has 112 valence electrons. The molecule has 9 nitrogen and oxygen atoms in total. The van der Waals surface area contributed by atoms with Gasteiger partial charge in [-0.3, -0.25) is 4.79 Å². The molecule has 0 spiro atoms. The van der Waals surface area contributed by atoms with Gasteiger partial charge in [0.15, 0.2) is 11.9 Å². The highest BCUT2D eigenvalue weighted by molar-refractivity contribution is 5.89. The van der Waals surface area contributed by atoms with E-state index in [-0.39, 0.29) is 12.8 Å². The number of aliphatic hydroxyl groups is 3. The van der Waals surface area contributed by atoms with Gasteiger partial charge in [-0.25, -0.2) is 4.79 Å². The number of carbonyl (C=O) groups is 3. The van der Waals surface area contributed by atoms with Gasteiger partial charge in [-0.2, -0.15) is 0 Å². The summed E-state index contributed by atoms with van der Waals surface area (Å²) in [4.78, 5) is 32.7. The van der Waals surface area contributed by atoms with Crippen LogP contribution < -0.4 is 5.73 Å². The van der Waals surface area contributed by atoms with Gasteiger partial charge in [-0.15, -0.1) is 0 Å². The summed E-state index contributed by atoms with van der Waals surface area (Å²) < 4.78 is 9.35. The third-order valence-electron chi connectivity index (χ3n) is 2.62. The molecule has 0 aromatic rings. The molecule has 0 saturated carbocycles. The summed E-state index contributed by atoms with van der Waals surface area (Å²) in [6, 6.07) is -1.09. The van der Waals surface area contributed by atoms with E-state index >= 15 is 0 Å². The standard InChI is InChI=1S/C11H15NO8/c12-5(2-1-3-13)10(17)19-6(4-14)9-7(15)8(16)11(18)20-9/h3,5-6,9,14-16H,1-2,4,12H2/t5?,6?,9-/m1/s1. The molecule has 0 aromatic heterocycles. The van der Waals surface area contributed by atoms with Crippen LogP contribution in [0.2, 0.25) is 0 Å². The zero-order valence-electron chi connectivity index (χ0n) is 10.4. The van der Waals surface area contributed by atoms with Gasteiger partial charge < -0.3 is 35.3 Å². The highest BCUT2D eigenvalue weighted by Crippen LogP contribution is 2.23. The first kappa shape index (κ1) is 15.9. The van der Waals surface area contributed by atoms with Crippen LogP contribution in [0.5, 0.6) is 0 Å². The Balaban J connectivity index is 2.67. The molecule has 20 heavy (non-hydrogen) atoms. The largest absolute Gasteiger partial charge is 0.505 e. The minimum Gasteiger partial charge on any atom is -0.505 e. The summed E-state index contributed by atoms with van der Waals surface area (Å²) in [6.07, 6.45) is -2.20. The second-order valence-electron chi connectivity index (χ2n) is 4.07. The summed E-state index contributed by atoms with van der Waals surface area (Å²) in [5, 5.41) is 27.6. The molecule has 1 aliphatic heterocycles. The number of aldehydes is 1. The summed E-state index contributed by atoms with van der Waals surface area (Å²) in [7, 11) is 0. The summed E-state index contributed by atoms with van der Waals surface area (Å²) in [5.74, 6) is -3.95. The average molecular weight is 289 g/mol. The lowest BCUT2D eigenvalue weighted by Crippen LogP contribution is -2.41. The number of ether oxygens (including phenoxy) is 2. The predicted octanol–water partition coefficient (Wildman–Crippen LogP) is -1.55. The SMILES string of the molecule is NC(CCC=O)C(=O)OC(CO)[C@H]1OC(=O)C(O)=C1O. The van der Waals surface area contributed by atoms with Crippen molar-refractivity contribution in [1.82, 2.24) is 0 Å². The highest BCUT2D eigenvalue weighted by atomic mass is 16.6. The number of nitrogens with two attached hydrogens (primary N) is 1. The zero-order valence-corrected chi connectivity index (χ0v) is 10.4. The minimum atomic E-state index is -1.49. The second-order valence-corrected chi connectivity index (χ2v) is 4.07. The second kappa shape index (κ2) is 6.87. The van der Waals surface area contributed by atoms with Crippen molar-refractivity contribution in [3.63, 3.8) is 0 Å². The molecule has 0 aliphatic carbocycles. The van der Waals surface area contributed by atoms with Crippen molar-refractivity contribution in [3.8, 4) is 0 Å². The van der Waals surface area contributed by atoms with E-state index in [4.69, 9.17) is 20.7 Å². The monoisotopic (exact) mass is 289 g/mol. The van der Waals surface area contributed by atoms with Gasteiger partial charge in [-0.05, 0) is 6.42 Å². The molecule has 3 atom stereocenters. The maximum atomic E-state index is 11.6. The fraction of sp³-hybridized carbons (Fsp3) is 0.545. The van der Waals surface area contributed by atoms with Crippen LogP contribution in [0.4, 0.5) is 0 Å². The lowest BCUT2D eigenvalue weighted by atomic mass is 10.1. The van der Waals surface area contributed by atoms with Crippen molar-refractivity contribution in [2.24, 2.45) is 5.73 Å². The Hall–Kier alpha value is -2.13. The number of esters is 2. The lowest BCUT2D eigenvalue weighted by Gasteiger charge is -2.22. The summed E-state index contributed by atoms with van der Waals surface area (Å²) in [5.41, 5.74) is 5.45. The molecule has 0 bridgehead atoms. The van der Waals surface area contributed by atoms with Crippen molar-refractivity contribution in [1.29, 1.82) is 0 Å². The Morgan fingerprint density at radius 2 is 2.15 bits per heavy atom. The minimum absolute atomic E-state index is 0.0536. The molecule has 0 aromatic carbocycles. The van der Waals surface area contributed by atoms with Crippen molar-refractivity contribution in [2.45, 2.75) is 31.1 Å². The molecular formula is C11H15NO8. The molecule has 2 unspecified atom stereocenters. The maximum absolute atomic E-state index is 11.6. The van der Waals surface area contributed by atoms with E-state index < -0.39 is 48.3 Å². The van der Waals surface area contributed by atoms with Crippen LogP contribution in [0.25, 0.3) is 0 Å². The van der Waals surface area contributed by atoms with Crippen LogP contribution in [0.1, 0.15) is 12.8 Å². The number of carbonyl (C=O) groups excluding carboxylic acids is 3. The summed E-state index contributed by atoms with van der Waals surface area (Å²) in [6.45, 7) is -0.762. The van der Waals surface area contributed by atoms with Gasteiger partial charge in [0.2, 0.25) is 11.9 Å². The molecule has 9 heteroatoms. The average Bonchev–Trinajstić information content (AvgIpc) is 2.69. The van der Waals surface area contributed by atoms with Crippen LogP contribution in [0, 0.1) is 0 Å². The molecule has 0 saturated heterocycles. The van der Waals surface area contributed by atoms with E-state index in [0.29, 0.717) is 6.29 Å². The molecule has 5 N–H and O–H groups in total. The van der Waals surface area contributed by atoms with Gasteiger partial charge in [0.05, 0.1) is 6.61 Å². The van der Waals surface area contributed by atoms with E-state index in [1.165, 1.54) is 0 Å². The first-order valence-electron chi connectivity index (χ1n) is 5.76. The fourth-order valence-corrected chi connectivity index (χ4v) is 1.52. The normalized spacial score (nSPS) is 21.3. The number of aliphatic hydroxyl groups excluding tert-OH is 3.